The highest BCUT2D eigenvalue weighted by Gasteiger charge is 2.31. The lowest BCUT2D eigenvalue weighted by Gasteiger charge is -2.15. The van der Waals surface area contributed by atoms with E-state index in [0.29, 0.717) is 18.0 Å². The normalized spacial score (nSPS) is 11.8. The summed E-state index contributed by atoms with van der Waals surface area (Å²) in [5.41, 5.74) is -0.903. The van der Waals surface area contributed by atoms with Gasteiger partial charge < -0.3 is 5.32 Å². The third-order valence-corrected chi connectivity index (χ3v) is 5.49. The first kappa shape index (κ1) is 22.9. The summed E-state index contributed by atoms with van der Waals surface area (Å²) in [4.78, 5) is 29.8. The standard InChI is InChI=1S/C22H22F3N3O2S/c1-14(2)10-11-26-19(29)13-31-21-27-18-9-4-3-8-17(18)20(30)28(21)16-7-5-6-15(12-16)22(23,24)25/h3-9,12,14H,10-11,13H2,1-2H3,(H,26,29). The van der Waals surface area contributed by atoms with Crippen LogP contribution in [0.5, 0.6) is 0 Å². The van der Waals surface area contributed by atoms with Crippen LogP contribution >= 0.6 is 11.8 Å². The number of thioether (sulfide) groups is 1. The number of nitrogens with zero attached hydrogens (tertiary/aromatic N) is 2. The number of halogens is 3. The van der Waals surface area contributed by atoms with Crippen LogP contribution in [0.3, 0.4) is 0 Å². The quantitative estimate of drug-likeness (QED) is 0.421. The van der Waals surface area contributed by atoms with Gasteiger partial charge in [-0.2, -0.15) is 13.2 Å². The zero-order valence-electron chi connectivity index (χ0n) is 17.1. The second-order valence-corrected chi connectivity index (χ2v) is 8.36. The number of para-hydroxylation sites is 1. The molecule has 0 aliphatic rings. The average Bonchev–Trinajstić information content (AvgIpc) is 2.71. The van der Waals surface area contributed by atoms with Gasteiger partial charge in [0.2, 0.25) is 5.91 Å². The number of rotatable bonds is 7. The van der Waals surface area contributed by atoms with Crippen molar-refractivity contribution in [3.05, 3.63) is 64.4 Å². The topological polar surface area (TPSA) is 64.0 Å². The van der Waals surface area contributed by atoms with Crippen LogP contribution in [0.4, 0.5) is 13.2 Å². The van der Waals surface area contributed by atoms with Crippen molar-refractivity contribution < 1.29 is 18.0 Å². The van der Waals surface area contributed by atoms with E-state index in [1.165, 1.54) is 12.1 Å². The van der Waals surface area contributed by atoms with Gasteiger partial charge >= 0.3 is 6.18 Å². The number of hydrogen-bond donors (Lipinski definition) is 1. The summed E-state index contributed by atoms with van der Waals surface area (Å²) in [5.74, 6) is 0.201. The fourth-order valence-corrected chi connectivity index (χ4v) is 3.78. The summed E-state index contributed by atoms with van der Waals surface area (Å²) >= 11 is 1.01. The molecule has 0 radical (unpaired) electrons. The summed E-state index contributed by atoms with van der Waals surface area (Å²) < 4.78 is 40.7. The number of fused-ring (bicyclic) bond motifs is 1. The van der Waals surface area contributed by atoms with Crippen molar-refractivity contribution in [3.8, 4) is 5.69 Å². The molecule has 0 atom stereocenters. The van der Waals surface area contributed by atoms with E-state index in [0.717, 1.165) is 34.9 Å². The van der Waals surface area contributed by atoms with Crippen LogP contribution < -0.4 is 10.9 Å². The Morgan fingerprint density at radius 1 is 1.16 bits per heavy atom. The van der Waals surface area contributed by atoms with Crippen LogP contribution in [0.15, 0.2) is 58.5 Å². The van der Waals surface area contributed by atoms with Gasteiger partial charge in [-0.05, 0) is 42.7 Å². The molecule has 3 aromatic rings. The minimum atomic E-state index is -4.55. The van der Waals surface area contributed by atoms with Crippen molar-refractivity contribution in [3.63, 3.8) is 0 Å². The van der Waals surface area contributed by atoms with E-state index in [4.69, 9.17) is 0 Å². The second kappa shape index (κ2) is 9.55. The number of benzene rings is 2. The second-order valence-electron chi connectivity index (χ2n) is 7.42. The van der Waals surface area contributed by atoms with E-state index in [9.17, 15) is 22.8 Å². The lowest BCUT2D eigenvalue weighted by atomic mass is 10.1. The van der Waals surface area contributed by atoms with Crippen LogP contribution in [0.25, 0.3) is 16.6 Å². The van der Waals surface area contributed by atoms with Gasteiger partial charge in [0.25, 0.3) is 5.56 Å². The van der Waals surface area contributed by atoms with Gasteiger partial charge in [-0.1, -0.05) is 43.8 Å². The molecular formula is C22H22F3N3O2S. The fraction of sp³-hybridized carbons (Fsp3) is 0.318. The molecule has 0 fully saturated rings. The van der Waals surface area contributed by atoms with E-state index in [-0.39, 0.29) is 27.9 Å². The molecule has 0 saturated heterocycles. The minimum Gasteiger partial charge on any atom is -0.355 e. The Morgan fingerprint density at radius 2 is 1.90 bits per heavy atom. The minimum absolute atomic E-state index is 0.0121. The first-order valence-corrected chi connectivity index (χ1v) is 10.7. The maximum absolute atomic E-state index is 13.2. The number of carbonyl (C=O) groups is 1. The molecule has 1 aromatic heterocycles. The molecule has 31 heavy (non-hydrogen) atoms. The van der Waals surface area contributed by atoms with E-state index in [1.807, 2.05) is 13.8 Å². The number of hydrogen-bond acceptors (Lipinski definition) is 4. The number of amides is 1. The summed E-state index contributed by atoms with van der Waals surface area (Å²) in [6.45, 7) is 4.63. The molecule has 0 spiro atoms. The zero-order chi connectivity index (χ0) is 22.6. The van der Waals surface area contributed by atoms with Crippen LogP contribution in [0, 0.1) is 5.92 Å². The summed E-state index contributed by atoms with van der Waals surface area (Å²) in [5, 5.41) is 3.24. The predicted octanol–water partition coefficient (Wildman–Crippen LogP) is 4.66. The monoisotopic (exact) mass is 449 g/mol. The van der Waals surface area contributed by atoms with Crippen molar-refractivity contribution in [2.45, 2.75) is 31.6 Å². The Balaban J connectivity index is 1.99. The first-order valence-electron chi connectivity index (χ1n) is 9.75. The SMILES string of the molecule is CC(C)CCNC(=O)CSc1nc2ccccc2c(=O)n1-c1cccc(C(F)(F)F)c1. The molecule has 0 aliphatic heterocycles. The lowest BCUT2D eigenvalue weighted by Crippen LogP contribution is -2.28. The molecule has 5 nitrogen and oxygen atoms in total. The van der Waals surface area contributed by atoms with Crippen molar-refractivity contribution in [1.82, 2.24) is 14.9 Å². The molecular weight excluding hydrogens is 427 g/mol. The molecule has 9 heteroatoms. The van der Waals surface area contributed by atoms with E-state index in [1.54, 1.807) is 24.3 Å². The van der Waals surface area contributed by atoms with Crippen molar-refractivity contribution in [2.24, 2.45) is 5.92 Å². The van der Waals surface area contributed by atoms with Crippen LogP contribution in [0.1, 0.15) is 25.8 Å². The predicted molar refractivity (Wildman–Crippen MR) is 116 cm³/mol. The van der Waals surface area contributed by atoms with E-state index >= 15 is 0 Å². The fourth-order valence-electron chi connectivity index (χ4n) is 2.94. The summed E-state index contributed by atoms with van der Waals surface area (Å²) in [7, 11) is 0. The van der Waals surface area contributed by atoms with Gasteiger partial charge in [0, 0.05) is 6.54 Å². The smallest absolute Gasteiger partial charge is 0.355 e. The molecule has 0 aliphatic carbocycles. The molecule has 0 saturated carbocycles. The number of alkyl halides is 3. The highest BCUT2D eigenvalue weighted by Crippen LogP contribution is 2.31. The maximum Gasteiger partial charge on any atom is 0.416 e. The third-order valence-electron chi connectivity index (χ3n) is 4.55. The third kappa shape index (κ3) is 5.66. The van der Waals surface area contributed by atoms with Crippen molar-refractivity contribution >= 4 is 28.6 Å². The van der Waals surface area contributed by atoms with Gasteiger partial charge in [-0.25, -0.2) is 4.98 Å². The first-order chi connectivity index (χ1) is 14.7. The van der Waals surface area contributed by atoms with Crippen LogP contribution in [-0.4, -0.2) is 27.8 Å². The molecule has 0 bridgehead atoms. The van der Waals surface area contributed by atoms with Gasteiger partial charge in [0.05, 0.1) is 27.9 Å². The van der Waals surface area contributed by atoms with Crippen molar-refractivity contribution in [2.75, 3.05) is 12.3 Å². The Hall–Kier alpha value is -2.81. The molecule has 3 rings (SSSR count). The highest BCUT2D eigenvalue weighted by atomic mass is 32.2. The molecule has 0 unspecified atom stereocenters. The summed E-state index contributed by atoms with van der Waals surface area (Å²) in [6.07, 6.45) is -3.72. The van der Waals surface area contributed by atoms with Crippen molar-refractivity contribution in [1.29, 1.82) is 0 Å². The van der Waals surface area contributed by atoms with Crippen LogP contribution in [0.2, 0.25) is 0 Å². The lowest BCUT2D eigenvalue weighted by molar-refractivity contribution is -0.137. The Labute approximate surface area is 181 Å². The summed E-state index contributed by atoms with van der Waals surface area (Å²) in [6, 6.07) is 11.1. The number of nitrogens with one attached hydrogen (secondary N) is 1. The van der Waals surface area contributed by atoms with Gasteiger partial charge in [-0.15, -0.1) is 0 Å². The largest absolute Gasteiger partial charge is 0.416 e. The molecule has 2 aromatic carbocycles. The molecule has 164 valence electrons. The average molecular weight is 449 g/mol. The van der Waals surface area contributed by atoms with Gasteiger partial charge in [0.1, 0.15) is 0 Å². The Bertz CT molecular complexity index is 1140. The Kier molecular flexibility index (Phi) is 7.04. The molecule has 1 heterocycles. The van der Waals surface area contributed by atoms with E-state index < -0.39 is 17.3 Å². The van der Waals surface area contributed by atoms with E-state index in [2.05, 4.69) is 10.3 Å². The Morgan fingerprint density at radius 3 is 2.61 bits per heavy atom. The van der Waals surface area contributed by atoms with Gasteiger partial charge in [0.15, 0.2) is 5.16 Å². The molecule has 1 amide bonds. The molecule has 1 N–H and O–H groups in total. The zero-order valence-corrected chi connectivity index (χ0v) is 17.9. The number of carbonyl (C=O) groups excluding carboxylic acids is 1. The highest BCUT2D eigenvalue weighted by molar-refractivity contribution is 7.99. The van der Waals surface area contributed by atoms with Gasteiger partial charge in [-0.3, -0.25) is 14.2 Å². The van der Waals surface area contributed by atoms with Crippen LogP contribution in [-0.2, 0) is 11.0 Å². The number of aromatic nitrogens is 2. The maximum atomic E-state index is 13.2.